The summed E-state index contributed by atoms with van der Waals surface area (Å²) in [6, 6.07) is 0. The summed E-state index contributed by atoms with van der Waals surface area (Å²) < 4.78 is 0. The van der Waals surface area contributed by atoms with Crippen molar-refractivity contribution in [2.45, 2.75) is 33.7 Å². The molecule has 1 aliphatic heterocycles. The van der Waals surface area contributed by atoms with Crippen molar-refractivity contribution < 1.29 is 4.79 Å². The molecule has 1 aliphatic rings. The van der Waals surface area contributed by atoms with Gasteiger partial charge in [0.1, 0.15) is 0 Å². The lowest BCUT2D eigenvalue weighted by Crippen LogP contribution is -2.42. The molecule has 1 aromatic heterocycles. The third-order valence-corrected chi connectivity index (χ3v) is 5.27. The molecule has 1 amide bonds. The maximum Gasteiger partial charge on any atom is 0.225 e. The first-order chi connectivity index (χ1) is 10.0. The fourth-order valence-electron chi connectivity index (χ4n) is 2.89. The number of likely N-dealkylation sites (tertiary alicyclic amines) is 1. The molecule has 0 radical (unpaired) electrons. The Morgan fingerprint density at radius 1 is 1.62 bits per heavy atom. The standard InChI is InChI=1S/C15H26N4OS/c1-4-19(12(3)20)15-17-14(10-21-15)9-18-6-5-11(2)13(7-16)8-18/h10-11,13H,4-9,16H2,1-3H3. The van der Waals surface area contributed by atoms with Crippen LogP contribution in [0, 0.1) is 11.8 Å². The van der Waals surface area contributed by atoms with Crippen LogP contribution in [-0.2, 0) is 11.3 Å². The van der Waals surface area contributed by atoms with Crippen LogP contribution < -0.4 is 10.6 Å². The van der Waals surface area contributed by atoms with Crippen LogP contribution in [0.5, 0.6) is 0 Å². The summed E-state index contributed by atoms with van der Waals surface area (Å²) in [5.74, 6) is 1.35. The lowest BCUT2D eigenvalue weighted by molar-refractivity contribution is -0.116. The zero-order valence-corrected chi connectivity index (χ0v) is 14.0. The van der Waals surface area contributed by atoms with Gasteiger partial charge >= 0.3 is 0 Å². The van der Waals surface area contributed by atoms with E-state index in [0.717, 1.165) is 37.0 Å². The topological polar surface area (TPSA) is 62.5 Å². The minimum Gasteiger partial charge on any atom is -0.330 e. The minimum atomic E-state index is 0.0494. The van der Waals surface area contributed by atoms with Crippen LogP contribution in [0.15, 0.2) is 5.38 Å². The highest BCUT2D eigenvalue weighted by molar-refractivity contribution is 7.14. The highest BCUT2D eigenvalue weighted by Gasteiger charge is 2.25. The lowest BCUT2D eigenvalue weighted by atomic mass is 9.87. The average Bonchev–Trinajstić information content (AvgIpc) is 2.89. The van der Waals surface area contributed by atoms with Gasteiger partial charge in [0, 0.05) is 31.9 Å². The molecule has 1 saturated heterocycles. The van der Waals surface area contributed by atoms with Gasteiger partial charge in [-0.25, -0.2) is 4.98 Å². The molecule has 2 heterocycles. The SMILES string of the molecule is CCN(C(C)=O)c1nc(CN2CCC(C)C(CN)C2)cs1. The number of rotatable bonds is 5. The van der Waals surface area contributed by atoms with E-state index in [2.05, 4.69) is 22.2 Å². The smallest absolute Gasteiger partial charge is 0.225 e. The Morgan fingerprint density at radius 3 is 3.00 bits per heavy atom. The van der Waals surface area contributed by atoms with Crippen molar-refractivity contribution in [1.29, 1.82) is 0 Å². The number of hydrogen-bond acceptors (Lipinski definition) is 5. The van der Waals surface area contributed by atoms with E-state index in [9.17, 15) is 4.79 Å². The summed E-state index contributed by atoms with van der Waals surface area (Å²) in [7, 11) is 0. The van der Waals surface area contributed by atoms with Gasteiger partial charge in [0.2, 0.25) is 5.91 Å². The lowest BCUT2D eigenvalue weighted by Gasteiger charge is -2.36. The van der Waals surface area contributed by atoms with Crippen molar-refractivity contribution in [2.75, 3.05) is 31.1 Å². The largest absolute Gasteiger partial charge is 0.330 e. The Balaban J connectivity index is 1.98. The van der Waals surface area contributed by atoms with Crippen LogP contribution in [0.2, 0.25) is 0 Å². The average molecular weight is 310 g/mol. The summed E-state index contributed by atoms with van der Waals surface area (Å²) in [5.41, 5.74) is 6.92. The number of amides is 1. The first kappa shape index (κ1) is 16.4. The molecule has 2 atom stereocenters. The second-order valence-electron chi connectivity index (χ2n) is 5.88. The van der Waals surface area contributed by atoms with Gasteiger partial charge in [0.25, 0.3) is 0 Å². The number of anilines is 1. The van der Waals surface area contributed by atoms with Crippen molar-refractivity contribution in [3.8, 4) is 0 Å². The van der Waals surface area contributed by atoms with E-state index >= 15 is 0 Å². The van der Waals surface area contributed by atoms with E-state index in [1.54, 1.807) is 23.2 Å². The summed E-state index contributed by atoms with van der Waals surface area (Å²) in [6.45, 7) is 10.3. The Kier molecular flexibility index (Phi) is 5.72. The fraction of sp³-hybridized carbons (Fsp3) is 0.733. The van der Waals surface area contributed by atoms with Crippen molar-refractivity contribution in [2.24, 2.45) is 17.6 Å². The minimum absolute atomic E-state index is 0.0494. The van der Waals surface area contributed by atoms with E-state index in [1.165, 1.54) is 6.42 Å². The molecule has 5 nitrogen and oxygen atoms in total. The zero-order valence-electron chi connectivity index (χ0n) is 13.2. The fourth-order valence-corrected chi connectivity index (χ4v) is 3.81. The number of hydrogen-bond donors (Lipinski definition) is 1. The molecule has 21 heavy (non-hydrogen) atoms. The molecule has 2 rings (SSSR count). The van der Waals surface area contributed by atoms with Gasteiger partial charge in [-0.05, 0) is 38.3 Å². The van der Waals surface area contributed by atoms with Crippen LogP contribution in [-0.4, -0.2) is 42.0 Å². The highest BCUT2D eigenvalue weighted by atomic mass is 32.1. The van der Waals surface area contributed by atoms with Crippen LogP contribution in [0.4, 0.5) is 5.13 Å². The predicted octanol–water partition coefficient (Wildman–Crippen LogP) is 1.93. The Labute approximate surface area is 131 Å². The molecule has 0 spiro atoms. The number of nitrogens with two attached hydrogens (primary N) is 1. The maximum atomic E-state index is 11.6. The monoisotopic (exact) mass is 310 g/mol. The highest BCUT2D eigenvalue weighted by Crippen LogP contribution is 2.25. The molecule has 6 heteroatoms. The molecule has 0 saturated carbocycles. The summed E-state index contributed by atoms with van der Waals surface area (Å²) in [4.78, 5) is 20.3. The van der Waals surface area contributed by atoms with Gasteiger partial charge in [-0.15, -0.1) is 11.3 Å². The quantitative estimate of drug-likeness (QED) is 0.903. The summed E-state index contributed by atoms with van der Waals surface area (Å²) in [6.07, 6.45) is 1.20. The van der Waals surface area contributed by atoms with E-state index in [1.807, 2.05) is 6.92 Å². The number of carbonyl (C=O) groups excluding carboxylic acids is 1. The van der Waals surface area contributed by atoms with Crippen molar-refractivity contribution in [3.63, 3.8) is 0 Å². The second-order valence-corrected chi connectivity index (χ2v) is 6.72. The third-order valence-electron chi connectivity index (χ3n) is 4.35. The van der Waals surface area contributed by atoms with Gasteiger partial charge < -0.3 is 5.73 Å². The molecule has 0 aliphatic carbocycles. The van der Waals surface area contributed by atoms with Crippen molar-refractivity contribution in [1.82, 2.24) is 9.88 Å². The number of piperidine rings is 1. The Hall–Kier alpha value is -0.980. The van der Waals surface area contributed by atoms with Crippen LogP contribution >= 0.6 is 11.3 Å². The van der Waals surface area contributed by atoms with E-state index < -0.39 is 0 Å². The first-order valence-corrected chi connectivity index (χ1v) is 8.58. The van der Waals surface area contributed by atoms with Gasteiger partial charge in [-0.2, -0.15) is 0 Å². The van der Waals surface area contributed by atoms with Gasteiger partial charge in [-0.1, -0.05) is 6.92 Å². The normalized spacial score (nSPS) is 23.2. The van der Waals surface area contributed by atoms with E-state index in [4.69, 9.17) is 5.73 Å². The molecule has 1 aromatic rings. The molecule has 2 N–H and O–H groups in total. The molecule has 2 unspecified atom stereocenters. The van der Waals surface area contributed by atoms with Crippen LogP contribution in [0.3, 0.4) is 0 Å². The Bertz CT molecular complexity index is 476. The molecular weight excluding hydrogens is 284 g/mol. The van der Waals surface area contributed by atoms with Gasteiger partial charge in [0.15, 0.2) is 5.13 Å². The van der Waals surface area contributed by atoms with Crippen molar-refractivity contribution >= 4 is 22.4 Å². The Morgan fingerprint density at radius 2 is 2.38 bits per heavy atom. The maximum absolute atomic E-state index is 11.6. The first-order valence-electron chi connectivity index (χ1n) is 7.70. The molecule has 118 valence electrons. The number of thiazole rings is 1. The van der Waals surface area contributed by atoms with Crippen LogP contribution in [0.25, 0.3) is 0 Å². The molecule has 1 fully saturated rings. The second kappa shape index (κ2) is 7.33. The van der Waals surface area contributed by atoms with E-state index in [0.29, 0.717) is 18.4 Å². The molecule has 0 aromatic carbocycles. The third kappa shape index (κ3) is 4.02. The van der Waals surface area contributed by atoms with Crippen LogP contribution in [0.1, 0.15) is 32.9 Å². The number of aromatic nitrogens is 1. The van der Waals surface area contributed by atoms with Crippen molar-refractivity contribution in [3.05, 3.63) is 11.1 Å². The summed E-state index contributed by atoms with van der Waals surface area (Å²) >= 11 is 1.55. The van der Waals surface area contributed by atoms with Gasteiger partial charge in [-0.3, -0.25) is 14.6 Å². The number of carbonyl (C=O) groups is 1. The molecular formula is C15H26N4OS. The van der Waals surface area contributed by atoms with E-state index in [-0.39, 0.29) is 5.91 Å². The predicted molar refractivity (Wildman–Crippen MR) is 87.4 cm³/mol. The summed E-state index contributed by atoms with van der Waals surface area (Å²) in [5, 5.41) is 2.87. The zero-order chi connectivity index (χ0) is 15.4. The van der Waals surface area contributed by atoms with Gasteiger partial charge in [0.05, 0.1) is 5.69 Å². The number of nitrogens with zero attached hydrogens (tertiary/aromatic N) is 3. The molecule has 0 bridgehead atoms.